The molecule has 0 saturated heterocycles. The van der Waals surface area contributed by atoms with E-state index in [1.54, 1.807) is 20.0 Å². The van der Waals surface area contributed by atoms with Gasteiger partial charge in [0.15, 0.2) is 5.13 Å². The van der Waals surface area contributed by atoms with Crippen LogP contribution in [-0.2, 0) is 6.54 Å². The molecular formula is C22H30N6O2S. The monoisotopic (exact) mass is 442 g/mol. The zero-order valence-electron chi connectivity index (χ0n) is 17.9. The summed E-state index contributed by atoms with van der Waals surface area (Å²) in [4.78, 5) is 14.6. The van der Waals surface area contributed by atoms with Crippen LogP contribution in [0.15, 0.2) is 30.5 Å². The highest BCUT2D eigenvalue weighted by molar-refractivity contribution is 7.21. The van der Waals surface area contributed by atoms with Crippen LogP contribution in [0.3, 0.4) is 0 Å². The number of pyridine rings is 2. The quantitative estimate of drug-likeness (QED) is 0.361. The Balaban J connectivity index is 1.52. The van der Waals surface area contributed by atoms with Crippen molar-refractivity contribution < 1.29 is 10.2 Å². The molecule has 3 heterocycles. The molecule has 0 spiro atoms. The maximum Gasteiger partial charge on any atom is 0.190 e. The Morgan fingerprint density at radius 1 is 1.13 bits per heavy atom. The van der Waals surface area contributed by atoms with Gasteiger partial charge < -0.3 is 26.2 Å². The molecule has 0 bridgehead atoms. The van der Waals surface area contributed by atoms with Crippen molar-refractivity contribution in [2.24, 2.45) is 0 Å². The lowest BCUT2D eigenvalue weighted by atomic mass is 9.93. The molecule has 3 aromatic heterocycles. The van der Waals surface area contributed by atoms with Gasteiger partial charge in [-0.15, -0.1) is 0 Å². The predicted molar refractivity (Wildman–Crippen MR) is 125 cm³/mol. The van der Waals surface area contributed by atoms with Crippen molar-refractivity contribution >= 4 is 38.5 Å². The van der Waals surface area contributed by atoms with Gasteiger partial charge in [-0.1, -0.05) is 11.3 Å². The van der Waals surface area contributed by atoms with Gasteiger partial charge in [0.2, 0.25) is 0 Å². The number of fused-ring (bicyclic) bond motifs is 1. The van der Waals surface area contributed by atoms with Crippen LogP contribution < -0.4 is 16.0 Å². The van der Waals surface area contributed by atoms with Crippen LogP contribution >= 0.6 is 11.3 Å². The van der Waals surface area contributed by atoms with E-state index in [4.69, 9.17) is 4.98 Å². The van der Waals surface area contributed by atoms with Crippen molar-refractivity contribution in [1.82, 2.24) is 20.3 Å². The van der Waals surface area contributed by atoms with Gasteiger partial charge in [0.1, 0.15) is 22.0 Å². The molecule has 1 aliphatic rings. The molecule has 9 heteroatoms. The van der Waals surface area contributed by atoms with Crippen molar-refractivity contribution in [3.63, 3.8) is 0 Å². The summed E-state index contributed by atoms with van der Waals surface area (Å²) < 4.78 is 0. The fourth-order valence-corrected chi connectivity index (χ4v) is 4.52. The first kappa shape index (κ1) is 21.9. The van der Waals surface area contributed by atoms with Crippen LogP contribution in [0, 0.1) is 0 Å². The van der Waals surface area contributed by atoms with E-state index in [1.807, 2.05) is 24.3 Å². The van der Waals surface area contributed by atoms with E-state index in [-0.39, 0.29) is 6.10 Å². The molecule has 0 aromatic carbocycles. The minimum absolute atomic E-state index is 0.187. The van der Waals surface area contributed by atoms with E-state index in [0.717, 1.165) is 52.5 Å². The van der Waals surface area contributed by atoms with E-state index in [9.17, 15) is 10.2 Å². The summed E-state index contributed by atoms with van der Waals surface area (Å²) in [6.45, 7) is 4.67. The summed E-state index contributed by atoms with van der Waals surface area (Å²) in [5.74, 6) is 1.51. The summed E-state index contributed by atoms with van der Waals surface area (Å²) in [5, 5.41) is 30.7. The Hall–Kier alpha value is -2.33. The highest BCUT2D eigenvalue weighted by Crippen LogP contribution is 2.28. The zero-order chi connectivity index (χ0) is 21.8. The number of rotatable bonds is 8. The number of hydrogen-bond acceptors (Lipinski definition) is 9. The molecular weight excluding hydrogens is 412 g/mol. The average molecular weight is 443 g/mol. The number of nitrogens with one attached hydrogen (secondary N) is 3. The lowest BCUT2D eigenvalue weighted by Crippen LogP contribution is -2.34. The molecule has 4 rings (SSSR count). The maximum absolute atomic E-state index is 9.97. The molecule has 1 aliphatic carbocycles. The molecule has 0 radical (unpaired) electrons. The molecule has 8 nitrogen and oxygen atoms in total. The second kappa shape index (κ2) is 9.44. The number of nitrogens with zero attached hydrogens (tertiary/aromatic N) is 3. The standard InChI is InChI=1S/C22H30N6O2S/c1-22(2,30)13-23-12-14-10-18(25-15-5-7-16(29)8-6-15)27-19(11-14)28-21-26-17-4-3-9-24-20(17)31-21/h3-4,9-11,15-16,23,29-30H,5-8,12-13H2,1-2H3,(H2,25,26,27,28)/t15-,16-. The SMILES string of the molecule is CC(C)(O)CNCc1cc(Nc2nc3cccnc3s2)nc(N[C@H]2CC[C@H](O)CC2)c1. The molecule has 0 unspecified atom stereocenters. The first-order chi connectivity index (χ1) is 14.8. The summed E-state index contributed by atoms with van der Waals surface area (Å²) >= 11 is 1.49. The van der Waals surface area contributed by atoms with Crippen molar-refractivity contribution in [2.45, 2.75) is 63.8 Å². The summed E-state index contributed by atoms with van der Waals surface area (Å²) in [5.41, 5.74) is 1.14. The van der Waals surface area contributed by atoms with Gasteiger partial charge in [-0.05, 0) is 69.4 Å². The molecule has 5 N–H and O–H groups in total. The Morgan fingerprint density at radius 3 is 2.65 bits per heavy atom. The molecule has 31 heavy (non-hydrogen) atoms. The largest absolute Gasteiger partial charge is 0.393 e. The molecule has 166 valence electrons. The fraction of sp³-hybridized carbons (Fsp3) is 0.500. The van der Waals surface area contributed by atoms with Crippen molar-refractivity contribution in [3.05, 3.63) is 36.0 Å². The topological polar surface area (TPSA) is 115 Å². The summed E-state index contributed by atoms with van der Waals surface area (Å²) in [6, 6.07) is 8.15. The summed E-state index contributed by atoms with van der Waals surface area (Å²) in [7, 11) is 0. The Morgan fingerprint density at radius 2 is 1.90 bits per heavy atom. The van der Waals surface area contributed by atoms with Crippen molar-refractivity contribution in [1.29, 1.82) is 0 Å². The molecule has 3 aromatic rings. The van der Waals surface area contributed by atoms with Crippen LogP contribution in [0.4, 0.5) is 16.8 Å². The molecule has 1 fully saturated rings. The normalized spacial score (nSPS) is 19.5. The maximum atomic E-state index is 9.97. The third-order valence-electron chi connectivity index (χ3n) is 5.22. The highest BCUT2D eigenvalue weighted by atomic mass is 32.1. The number of thiazole rings is 1. The number of aromatic nitrogens is 3. The lowest BCUT2D eigenvalue weighted by Gasteiger charge is -2.27. The third-order valence-corrected chi connectivity index (χ3v) is 6.12. The van der Waals surface area contributed by atoms with Crippen LogP contribution in [0.25, 0.3) is 10.3 Å². The van der Waals surface area contributed by atoms with Gasteiger partial charge in [-0.3, -0.25) is 0 Å². The van der Waals surface area contributed by atoms with Crippen molar-refractivity contribution in [3.8, 4) is 0 Å². The van der Waals surface area contributed by atoms with Crippen LogP contribution in [-0.4, -0.2) is 49.5 Å². The second-order valence-corrected chi connectivity index (χ2v) is 9.76. The second-order valence-electron chi connectivity index (χ2n) is 8.78. The smallest absolute Gasteiger partial charge is 0.190 e. The van der Waals surface area contributed by atoms with E-state index in [0.29, 0.717) is 24.9 Å². The lowest BCUT2D eigenvalue weighted by molar-refractivity contribution is 0.0795. The highest BCUT2D eigenvalue weighted by Gasteiger charge is 2.20. The first-order valence-corrected chi connectivity index (χ1v) is 11.5. The zero-order valence-corrected chi connectivity index (χ0v) is 18.7. The summed E-state index contributed by atoms with van der Waals surface area (Å²) in [6.07, 6.45) is 5.06. The molecule has 0 aliphatic heterocycles. The third kappa shape index (κ3) is 6.33. The Labute approximate surface area is 186 Å². The van der Waals surface area contributed by atoms with Gasteiger partial charge >= 0.3 is 0 Å². The van der Waals surface area contributed by atoms with Gasteiger partial charge in [-0.2, -0.15) is 0 Å². The van der Waals surface area contributed by atoms with Gasteiger partial charge in [-0.25, -0.2) is 15.0 Å². The molecule has 0 amide bonds. The number of aliphatic hydroxyl groups is 2. The fourth-order valence-electron chi connectivity index (χ4n) is 3.70. The first-order valence-electron chi connectivity index (χ1n) is 10.7. The number of anilines is 3. The van der Waals surface area contributed by atoms with Crippen LogP contribution in [0.2, 0.25) is 0 Å². The van der Waals surface area contributed by atoms with E-state index >= 15 is 0 Å². The molecule has 1 saturated carbocycles. The Bertz CT molecular complexity index is 978. The molecule has 0 atom stereocenters. The number of hydrogen-bond donors (Lipinski definition) is 5. The Kier molecular flexibility index (Phi) is 6.66. The minimum Gasteiger partial charge on any atom is -0.393 e. The van der Waals surface area contributed by atoms with E-state index < -0.39 is 5.60 Å². The van der Waals surface area contributed by atoms with Crippen LogP contribution in [0.5, 0.6) is 0 Å². The van der Waals surface area contributed by atoms with E-state index in [2.05, 4.69) is 25.9 Å². The van der Waals surface area contributed by atoms with Crippen LogP contribution in [0.1, 0.15) is 45.1 Å². The van der Waals surface area contributed by atoms with Gasteiger partial charge in [0, 0.05) is 25.3 Å². The van der Waals surface area contributed by atoms with E-state index in [1.165, 1.54) is 11.3 Å². The predicted octanol–water partition coefficient (Wildman–Crippen LogP) is 3.41. The average Bonchev–Trinajstić information content (AvgIpc) is 3.11. The number of aliphatic hydroxyl groups excluding tert-OH is 1. The van der Waals surface area contributed by atoms with Gasteiger partial charge in [0.05, 0.1) is 11.7 Å². The van der Waals surface area contributed by atoms with Gasteiger partial charge in [0.25, 0.3) is 0 Å². The van der Waals surface area contributed by atoms with Crippen molar-refractivity contribution in [2.75, 3.05) is 17.2 Å². The minimum atomic E-state index is -0.772.